The molecule has 0 spiro atoms. The molecular formula is C23H31FN2. The molecule has 0 atom stereocenters. The summed E-state index contributed by atoms with van der Waals surface area (Å²) in [5.74, 6) is -0.262. The Kier molecular flexibility index (Phi) is 11.2. The smallest absolute Gasteiger partial charge is 0.123 e. The Bertz CT molecular complexity index is 685. The minimum atomic E-state index is -0.262. The van der Waals surface area contributed by atoms with Gasteiger partial charge in [-0.25, -0.2) is 4.39 Å². The van der Waals surface area contributed by atoms with E-state index in [2.05, 4.69) is 43.5 Å². The molecule has 2 nitrogen and oxygen atoms in total. The summed E-state index contributed by atoms with van der Waals surface area (Å²) in [4.78, 5) is 0. The van der Waals surface area contributed by atoms with Crippen LogP contribution in [0.4, 0.5) is 4.39 Å². The predicted octanol–water partition coefficient (Wildman–Crippen LogP) is 5.81. The average molecular weight is 355 g/mol. The fourth-order valence-electron chi connectivity index (χ4n) is 1.77. The Labute approximate surface area is 158 Å². The molecule has 26 heavy (non-hydrogen) atoms. The van der Waals surface area contributed by atoms with Gasteiger partial charge in [0.05, 0.1) is 0 Å². The van der Waals surface area contributed by atoms with Gasteiger partial charge in [0.1, 0.15) is 5.83 Å². The molecule has 0 aliphatic carbocycles. The third-order valence-electron chi connectivity index (χ3n) is 3.66. The topological polar surface area (TPSA) is 24.1 Å². The van der Waals surface area contributed by atoms with E-state index in [0.29, 0.717) is 24.4 Å². The summed E-state index contributed by atoms with van der Waals surface area (Å²) in [6.07, 6.45) is 10.3. The van der Waals surface area contributed by atoms with Gasteiger partial charge in [-0.05, 0) is 55.2 Å². The lowest BCUT2D eigenvalue weighted by atomic mass is 10.1. The number of allylic oxidation sites excluding steroid dienone is 8. The van der Waals surface area contributed by atoms with Gasteiger partial charge in [0.25, 0.3) is 0 Å². The highest BCUT2D eigenvalue weighted by molar-refractivity contribution is 5.35. The van der Waals surface area contributed by atoms with Crippen molar-refractivity contribution in [2.45, 2.75) is 20.8 Å². The Hall–Kier alpha value is -2.81. The van der Waals surface area contributed by atoms with E-state index >= 15 is 0 Å². The summed E-state index contributed by atoms with van der Waals surface area (Å²) in [6, 6.07) is 0. The molecule has 0 fully saturated rings. The highest BCUT2D eigenvalue weighted by Crippen LogP contribution is 2.10. The van der Waals surface area contributed by atoms with E-state index in [4.69, 9.17) is 0 Å². The molecule has 0 aromatic carbocycles. The fraction of sp³-hybridized carbons (Fsp3) is 0.217. The fourth-order valence-corrected chi connectivity index (χ4v) is 1.77. The zero-order valence-electron chi connectivity index (χ0n) is 16.3. The van der Waals surface area contributed by atoms with Crippen LogP contribution in [0.3, 0.4) is 0 Å². The van der Waals surface area contributed by atoms with Crippen molar-refractivity contribution in [1.29, 1.82) is 0 Å². The lowest BCUT2D eigenvalue weighted by Gasteiger charge is -2.10. The largest absolute Gasteiger partial charge is 0.385 e. The molecule has 0 rings (SSSR count). The van der Waals surface area contributed by atoms with E-state index in [1.54, 1.807) is 25.2 Å². The van der Waals surface area contributed by atoms with Crippen LogP contribution in [-0.2, 0) is 0 Å². The molecule has 0 aromatic heterocycles. The summed E-state index contributed by atoms with van der Waals surface area (Å²) in [6.45, 7) is 25.4. The van der Waals surface area contributed by atoms with Crippen molar-refractivity contribution in [2.75, 3.05) is 13.1 Å². The molecule has 0 aliphatic rings. The zero-order chi connectivity index (χ0) is 20.1. The van der Waals surface area contributed by atoms with Crippen molar-refractivity contribution < 1.29 is 4.39 Å². The molecule has 0 aromatic rings. The highest BCUT2D eigenvalue weighted by atomic mass is 19.1. The summed E-state index contributed by atoms with van der Waals surface area (Å²) < 4.78 is 14.3. The van der Waals surface area contributed by atoms with E-state index in [1.807, 2.05) is 26.0 Å². The van der Waals surface area contributed by atoms with Gasteiger partial charge >= 0.3 is 0 Å². The van der Waals surface area contributed by atoms with Gasteiger partial charge in [-0.2, -0.15) is 0 Å². The second-order valence-corrected chi connectivity index (χ2v) is 5.85. The lowest BCUT2D eigenvalue weighted by molar-refractivity contribution is 0.644. The maximum Gasteiger partial charge on any atom is 0.123 e. The van der Waals surface area contributed by atoms with Crippen LogP contribution in [0, 0.1) is 0 Å². The molecule has 0 bridgehead atoms. The standard InChI is InChI=1S/C23H31FN2/c1-9-17(4)14-20(7)25-15-19(6)23(24)13-12-22(11-3)16-26-21(8)18(5)10-2/h9-14,25-26H,1-2,4-5,8,15-16H2,3,6-7H3/b13-12-,20-14+,22-11+,23-19-. The molecule has 0 aliphatic heterocycles. The average Bonchev–Trinajstić information content (AvgIpc) is 2.64. The Morgan fingerprint density at radius 3 is 2.15 bits per heavy atom. The van der Waals surface area contributed by atoms with Gasteiger partial charge in [0.15, 0.2) is 0 Å². The van der Waals surface area contributed by atoms with Crippen molar-refractivity contribution in [1.82, 2.24) is 10.6 Å². The third-order valence-corrected chi connectivity index (χ3v) is 3.66. The van der Waals surface area contributed by atoms with E-state index in [1.165, 1.54) is 6.08 Å². The number of hydrogen-bond donors (Lipinski definition) is 2. The molecule has 0 unspecified atom stereocenters. The second-order valence-electron chi connectivity index (χ2n) is 5.85. The van der Waals surface area contributed by atoms with Crippen LogP contribution in [0.15, 0.2) is 109 Å². The Balaban J connectivity index is 4.77. The summed E-state index contributed by atoms with van der Waals surface area (Å²) in [5.41, 5.74) is 4.71. The Morgan fingerprint density at radius 2 is 1.62 bits per heavy atom. The van der Waals surface area contributed by atoms with Crippen molar-refractivity contribution in [3.8, 4) is 0 Å². The van der Waals surface area contributed by atoms with E-state index in [0.717, 1.165) is 22.4 Å². The zero-order valence-corrected chi connectivity index (χ0v) is 16.3. The first-order valence-electron chi connectivity index (χ1n) is 8.41. The summed E-state index contributed by atoms with van der Waals surface area (Å²) in [5, 5.41) is 6.29. The normalized spacial score (nSPS) is 13.1. The summed E-state index contributed by atoms with van der Waals surface area (Å²) >= 11 is 0. The molecule has 0 saturated heterocycles. The molecule has 3 heteroatoms. The maximum absolute atomic E-state index is 14.3. The second kappa shape index (κ2) is 12.5. The predicted molar refractivity (Wildman–Crippen MR) is 114 cm³/mol. The first-order valence-corrected chi connectivity index (χ1v) is 8.41. The quantitative estimate of drug-likeness (QED) is 0.432. The lowest BCUT2D eigenvalue weighted by Crippen LogP contribution is -2.16. The Morgan fingerprint density at radius 1 is 0.962 bits per heavy atom. The minimum absolute atomic E-state index is 0.262. The number of hydrogen-bond acceptors (Lipinski definition) is 2. The van der Waals surface area contributed by atoms with Crippen LogP contribution in [0.2, 0.25) is 0 Å². The molecule has 0 radical (unpaired) electrons. The molecule has 0 amide bonds. The van der Waals surface area contributed by atoms with Crippen molar-refractivity contribution >= 4 is 0 Å². The molecule has 140 valence electrons. The van der Waals surface area contributed by atoms with E-state index in [9.17, 15) is 4.39 Å². The number of nitrogens with one attached hydrogen (secondary N) is 2. The van der Waals surface area contributed by atoms with Gasteiger partial charge in [-0.3, -0.25) is 0 Å². The first kappa shape index (κ1) is 23.2. The van der Waals surface area contributed by atoms with E-state index < -0.39 is 0 Å². The number of rotatable bonds is 12. The third kappa shape index (κ3) is 9.48. The molecule has 0 saturated carbocycles. The van der Waals surface area contributed by atoms with Crippen LogP contribution >= 0.6 is 0 Å². The van der Waals surface area contributed by atoms with Gasteiger partial charge in [-0.15, -0.1) is 0 Å². The van der Waals surface area contributed by atoms with Crippen LogP contribution in [-0.4, -0.2) is 13.1 Å². The van der Waals surface area contributed by atoms with Gasteiger partial charge in [0.2, 0.25) is 0 Å². The van der Waals surface area contributed by atoms with Crippen molar-refractivity contribution in [2.24, 2.45) is 0 Å². The maximum atomic E-state index is 14.3. The van der Waals surface area contributed by atoms with Gasteiger partial charge < -0.3 is 10.6 Å². The van der Waals surface area contributed by atoms with Crippen molar-refractivity contribution in [3.05, 3.63) is 109 Å². The molecule has 0 heterocycles. The van der Waals surface area contributed by atoms with Gasteiger partial charge in [0, 0.05) is 24.5 Å². The minimum Gasteiger partial charge on any atom is -0.385 e. The first-order chi connectivity index (χ1) is 12.2. The van der Waals surface area contributed by atoms with Crippen LogP contribution in [0.5, 0.6) is 0 Å². The highest BCUT2D eigenvalue weighted by Gasteiger charge is 2.00. The monoisotopic (exact) mass is 354 g/mol. The summed E-state index contributed by atoms with van der Waals surface area (Å²) in [7, 11) is 0. The molecular weight excluding hydrogens is 323 g/mol. The van der Waals surface area contributed by atoms with Crippen LogP contribution in [0.25, 0.3) is 0 Å². The van der Waals surface area contributed by atoms with Crippen LogP contribution in [0.1, 0.15) is 20.8 Å². The molecule has 2 N–H and O–H groups in total. The van der Waals surface area contributed by atoms with Crippen LogP contribution < -0.4 is 10.6 Å². The SMILES string of the molecule is C=CC(=C)/C=C(\C)NC/C(C)=C(F)/C=C\C(=C/C)CNC(=C)C(=C)C=C. The number of halogens is 1. The van der Waals surface area contributed by atoms with Gasteiger partial charge in [-0.1, -0.05) is 57.2 Å². The van der Waals surface area contributed by atoms with E-state index in [-0.39, 0.29) is 5.83 Å². The van der Waals surface area contributed by atoms with Crippen molar-refractivity contribution in [3.63, 3.8) is 0 Å².